The van der Waals surface area contributed by atoms with Crippen LogP contribution in [0, 0.1) is 6.92 Å². The molecular formula is C11H13N3O2. The third-order valence-electron chi connectivity index (χ3n) is 2.23. The van der Waals surface area contributed by atoms with E-state index in [0.29, 0.717) is 12.4 Å². The van der Waals surface area contributed by atoms with Crippen molar-refractivity contribution in [2.75, 3.05) is 6.54 Å². The minimum atomic E-state index is -0.172. The fourth-order valence-electron chi connectivity index (χ4n) is 1.47. The van der Waals surface area contributed by atoms with Crippen LogP contribution in [0.25, 0.3) is 11.1 Å². The molecule has 3 N–H and O–H groups in total. The van der Waals surface area contributed by atoms with Gasteiger partial charge in [-0.1, -0.05) is 6.07 Å². The van der Waals surface area contributed by atoms with E-state index in [1.54, 1.807) is 6.92 Å². The van der Waals surface area contributed by atoms with E-state index in [1.807, 2.05) is 18.2 Å². The van der Waals surface area contributed by atoms with E-state index in [9.17, 15) is 4.79 Å². The van der Waals surface area contributed by atoms with Gasteiger partial charge in [0.2, 0.25) is 5.91 Å². The maximum atomic E-state index is 11.0. The monoisotopic (exact) mass is 219 g/mol. The topological polar surface area (TPSA) is 81.2 Å². The molecule has 0 saturated heterocycles. The van der Waals surface area contributed by atoms with Crippen LogP contribution in [-0.4, -0.2) is 17.4 Å². The third-order valence-corrected chi connectivity index (χ3v) is 2.23. The van der Waals surface area contributed by atoms with Gasteiger partial charge in [0.15, 0.2) is 11.5 Å². The number of nitrogens with one attached hydrogen (secondary N) is 1. The van der Waals surface area contributed by atoms with Crippen molar-refractivity contribution in [3.63, 3.8) is 0 Å². The van der Waals surface area contributed by atoms with Crippen molar-refractivity contribution >= 4 is 17.0 Å². The molecule has 5 heteroatoms. The summed E-state index contributed by atoms with van der Waals surface area (Å²) in [6.45, 7) is 2.26. The number of benzene rings is 1. The predicted octanol–water partition coefficient (Wildman–Crippen LogP) is 0.711. The Hall–Kier alpha value is -1.88. The molecule has 0 saturated carbocycles. The van der Waals surface area contributed by atoms with Crippen LogP contribution in [0.5, 0.6) is 0 Å². The molecule has 0 bridgehead atoms. The average Bonchev–Trinajstić information content (AvgIpc) is 2.65. The number of nitrogens with zero attached hydrogens (tertiary/aromatic N) is 1. The van der Waals surface area contributed by atoms with E-state index in [-0.39, 0.29) is 12.5 Å². The molecule has 0 radical (unpaired) electrons. The summed E-state index contributed by atoms with van der Waals surface area (Å²) in [7, 11) is 0. The highest BCUT2D eigenvalue weighted by molar-refractivity contribution is 5.78. The summed E-state index contributed by atoms with van der Waals surface area (Å²) < 4.78 is 5.39. The van der Waals surface area contributed by atoms with Gasteiger partial charge < -0.3 is 15.5 Å². The first-order valence-corrected chi connectivity index (χ1v) is 5.02. The molecule has 0 aliphatic heterocycles. The molecule has 0 spiro atoms. The molecule has 84 valence electrons. The van der Waals surface area contributed by atoms with Crippen LogP contribution in [0.2, 0.25) is 0 Å². The van der Waals surface area contributed by atoms with Gasteiger partial charge in [0, 0.05) is 13.5 Å². The summed E-state index contributed by atoms with van der Waals surface area (Å²) in [5.41, 5.74) is 7.71. The van der Waals surface area contributed by atoms with Gasteiger partial charge in [-0.25, -0.2) is 4.98 Å². The van der Waals surface area contributed by atoms with Gasteiger partial charge in [0.05, 0.1) is 6.54 Å². The lowest BCUT2D eigenvalue weighted by atomic mass is 10.2. The van der Waals surface area contributed by atoms with E-state index < -0.39 is 0 Å². The van der Waals surface area contributed by atoms with Gasteiger partial charge in [-0.15, -0.1) is 0 Å². The van der Waals surface area contributed by atoms with Gasteiger partial charge in [0.1, 0.15) is 5.52 Å². The van der Waals surface area contributed by atoms with Crippen LogP contribution in [0.4, 0.5) is 0 Å². The SMILES string of the molecule is Cc1nc2ccc(CNC(=O)CN)cc2o1. The van der Waals surface area contributed by atoms with Crippen molar-refractivity contribution in [2.24, 2.45) is 5.73 Å². The van der Waals surface area contributed by atoms with Crippen molar-refractivity contribution in [3.8, 4) is 0 Å². The van der Waals surface area contributed by atoms with Crippen molar-refractivity contribution in [1.29, 1.82) is 0 Å². The zero-order valence-corrected chi connectivity index (χ0v) is 8.99. The smallest absolute Gasteiger partial charge is 0.234 e. The maximum Gasteiger partial charge on any atom is 0.234 e. The van der Waals surface area contributed by atoms with Crippen LogP contribution < -0.4 is 11.1 Å². The molecule has 0 atom stereocenters. The molecule has 0 aliphatic rings. The van der Waals surface area contributed by atoms with Gasteiger partial charge in [0.25, 0.3) is 0 Å². The molecule has 2 rings (SSSR count). The summed E-state index contributed by atoms with van der Waals surface area (Å²) in [4.78, 5) is 15.2. The van der Waals surface area contributed by atoms with Crippen molar-refractivity contribution in [2.45, 2.75) is 13.5 Å². The summed E-state index contributed by atoms with van der Waals surface area (Å²) in [6.07, 6.45) is 0. The van der Waals surface area contributed by atoms with Crippen LogP contribution >= 0.6 is 0 Å². The Morgan fingerprint density at radius 1 is 1.56 bits per heavy atom. The second-order valence-electron chi connectivity index (χ2n) is 3.52. The Balaban J connectivity index is 2.16. The largest absolute Gasteiger partial charge is 0.441 e. The van der Waals surface area contributed by atoms with Gasteiger partial charge >= 0.3 is 0 Å². The number of carbonyl (C=O) groups is 1. The van der Waals surface area contributed by atoms with Gasteiger partial charge in [-0.2, -0.15) is 0 Å². The number of aromatic nitrogens is 1. The highest BCUT2D eigenvalue weighted by Gasteiger charge is 2.03. The molecule has 0 aliphatic carbocycles. The van der Waals surface area contributed by atoms with Crippen molar-refractivity contribution < 1.29 is 9.21 Å². The number of amides is 1. The molecule has 0 fully saturated rings. The van der Waals surface area contributed by atoms with Crippen LogP contribution in [0.3, 0.4) is 0 Å². The second-order valence-corrected chi connectivity index (χ2v) is 3.52. The molecule has 2 aromatic rings. The van der Waals surface area contributed by atoms with E-state index in [2.05, 4.69) is 10.3 Å². The Labute approximate surface area is 92.6 Å². The van der Waals surface area contributed by atoms with Crippen LogP contribution in [0.1, 0.15) is 11.5 Å². The van der Waals surface area contributed by atoms with E-state index in [1.165, 1.54) is 0 Å². The van der Waals surface area contributed by atoms with E-state index in [0.717, 1.165) is 16.7 Å². The predicted molar refractivity (Wildman–Crippen MR) is 59.6 cm³/mol. The first-order valence-electron chi connectivity index (χ1n) is 5.02. The summed E-state index contributed by atoms with van der Waals surface area (Å²) in [6, 6.07) is 5.64. The summed E-state index contributed by atoms with van der Waals surface area (Å²) >= 11 is 0. The lowest BCUT2D eigenvalue weighted by molar-refractivity contribution is -0.119. The lowest BCUT2D eigenvalue weighted by Gasteiger charge is -2.02. The van der Waals surface area contributed by atoms with Crippen LogP contribution in [-0.2, 0) is 11.3 Å². The number of aryl methyl sites for hydroxylation is 1. The molecule has 16 heavy (non-hydrogen) atoms. The highest BCUT2D eigenvalue weighted by Crippen LogP contribution is 2.16. The molecule has 5 nitrogen and oxygen atoms in total. The van der Waals surface area contributed by atoms with E-state index >= 15 is 0 Å². The first kappa shape index (κ1) is 10.6. The average molecular weight is 219 g/mol. The number of fused-ring (bicyclic) bond motifs is 1. The fourth-order valence-corrected chi connectivity index (χ4v) is 1.47. The van der Waals surface area contributed by atoms with E-state index in [4.69, 9.17) is 10.2 Å². The second kappa shape index (κ2) is 4.32. The molecule has 0 unspecified atom stereocenters. The van der Waals surface area contributed by atoms with Gasteiger partial charge in [-0.05, 0) is 17.7 Å². The summed E-state index contributed by atoms with van der Waals surface area (Å²) in [5, 5.41) is 2.69. The minimum Gasteiger partial charge on any atom is -0.441 e. The Bertz CT molecular complexity index is 519. The number of nitrogens with two attached hydrogens (primary N) is 1. The number of oxazole rings is 1. The van der Waals surface area contributed by atoms with Crippen molar-refractivity contribution in [1.82, 2.24) is 10.3 Å². The van der Waals surface area contributed by atoms with Crippen LogP contribution in [0.15, 0.2) is 22.6 Å². The Morgan fingerprint density at radius 3 is 3.12 bits per heavy atom. The highest BCUT2D eigenvalue weighted by atomic mass is 16.3. The first-order chi connectivity index (χ1) is 7.69. The minimum absolute atomic E-state index is 0.00363. The molecule has 1 amide bonds. The fraction of sp³-hybridized carbons (Fsp3) is 0.273. The number of hydrogen-bond donors (Lipinski definition) is 2. The molecule has 1 heterocycles. The molecular weight excluding hydrogens is 206 g/mol. The summed E-state index contributed by atoms with van der Waals surface area (Å²) in [5.74, 6) is 0.465. The normalized spacial score (nSPS) is 10.6. The maximum absolute atomic E-state index is 11.0. The zero-order chi connectivity index (χ0) is 11.5. The van der Waals surface area contributed by atoms with Crippen molar-refractivity contribution in [3.05, 3.63) is 29.7 Å². The zero-order valence-electron chi connectivity index (χ0n) is 8.99. The Morgan fingerprint density at radius 2 is 2.38 bits per heavy atom. The Kier molecular flexibility index (Phi) is 2.87. The quantitative estimate of drug-likeness (QED) is 0.796. The number of hydrogen-bond acceptors (Lipinski definition) is 4. The standard InChI is InChI=1S/C11H13N3O2/c1-7-14-9-3-2-8(4-10(9)16-7)6-13-11(15)5-12/h2-4H,5-6,12H2,1H3,(H,13,15). The molecule has 1 aromatic carbocycles. The number of rotatable bonds is 3. The third kappa shape index (κ3) is 2.20. The molecule has 1 aromatic heterocycles. The van der Waals surface area contributed by atoms with Gasteiger partial charge in [-0.3, -0.25) is 4.79 Å². The number of carbonyl (C=O) groups excluding carboxylic acids is 1. The lowest BCUT2D eigenvalue weighted by Crippen LogP contribution is -2.29.